The van der Waals surface area contributed by atoms with E-state index in [1.807, 2.05) is 11.2 Å². The maximum absolute atomic E-state index is 13.3. The molecule has 0 aromatic carbocycles. The van der Waals surface area contributed by atoms with E-state index in [9.17, 15) is 4.79 Å². The fraction of sp³-hybridized carbons (Fsp3) is 0.600. The van der Waals surface area contributed by atoms with Crippen molar-refractivity contribution in [3.05, 3.63) is 29.8 Å². The van der Waals surface area contributed by atoms with Crippen molar-refractivity contribution >= 4 is 5.91 Å². The van der Waals surface area contributed by atoms with Crippen LogP contribution >= 0.6 is 0 Å². The average molecular weight is 385 g/mol. The summed E-state index contributed by atoms with van der Waals surface area (Å²) in [5.41, 5.74) is 0.579. The van der Waals surface area contributed by atoms with E-state index in [1.165, 1.54) is 13.5 Å². The van der Waals surface area contributed by atoms with Gasteiger partial charge in [-0.2, -0.15) is 4.98 Å². The van der Waals surface area contributed by atoms with Crippen molar-refractivity contribution in [1.29, 1.82) is 0 Å². The van der Waals surface area contributed by atoms with Gasteiger partial charge in [-0.3, -0.25) is 4.79 Å². The summed E-state index contributed by atoms with van der Waals surface area (Å²) in [6, 6.07) is 3.42. The fourth-order valence-electron chi connectivity index (χ4n) is 4.59. The highest BCUT2D eigenvalue weighted by molar-refractivity contribution is 5.96. The van der Waals surface area contributed by atoms with Crippen molar-refractivity contribution in [3.8, 4) is 11.8 Å². The van der Waals surface area contributed by atoms with Crippen LogP contribution in [0.2, 0.25) is 0 Å². The highest BCUT2D eigenvalue weighted by Gasteiger charge is 2.53. The molecule has 4 rings (SSSR count). The van der Waals surface area contributed by atoms with E-state index in [1.54, 1.807) is 19.2 Å². The Morgan fingerprint density at radius 1 is 1.29 bits per heavy atom. The van der Waals surface area contributed by atoms with Crippen molar-refractivity contribution < 1.29 is 14.3 Å². The molecule has 28 heavy (non-hydrogen) atoms. The topological polar surface area (TPSA) is 82.4 Å². The molecule has 1 amide bonds. The Labute approximate surface area is 164 Å². The first-order valence-electron chi connectivity index (χ1n) is 9.88. The van der Waals surface area contributed by atoms with Crippen LogP contribution in [0.15, 0.2) is 18.5 Å². The minimum absolute atomic E-state index is 0.0534. The van der Waals surface area contributed by atoms with Crippen LogP contribution in [-0.4, -0.2) is 57.9 Å². The third-order valence-corrected chi connectivity index (χ3v) is 6.17. The molecule has 2 aromatic heterocycles. The number of carbonyl (C=O) groups is 1. The molecule has 8 nitrogen and oxygen atoms in total. The Morgan fingerprint density at radius 2 is 2.11 bits per heavy atom. The smallest absolute Gasteiger partial charge is 0.259 e. The second kappa shape index (κ2) is 7.41. The quantitative estimate of drug-likeness (QED) is 0.760. The molecule has 3 heterocycles. The lowest BCUT2D eigenvalue weighted by molar-refractivity contribution is 0.0719. The summed E-state index contributed by atoms with van der Waals surface area (Å²) >= 11 is 0. The number of hydrogen-bond donors (Lipinski definition) is 0. The molecule has 1 unspecified atom stereocenters. The summed E-state index contributed by atoms with van der Waals surface area (Å²) in [5, 5.41) is 8.59. The number of amides is 1. The van der Waals surface area contributed by atoms with E-state index >= 15 is 0 Å². The van der Waals surface area contributed by atoms with Gasteiger partial charge in [-0.15, -0.1) is 10.2 Å². The van der Waals surface area contributed by atoms with E-state index in [0.29, 0.717) is 23.9 Å². The minimum Gasteiger partial charge on any atom is -0.481 e. The highest BCUT2D eigenvalue weighted by Crippen LogP contribution is 2.55. The number of ether oxygens (including phenoxy) is 2. The third kappa shape index (κ3) is 3.00. The summed E-state index contributed by atoms with van der Waals surface area (Å²) in [7, 11) is 3.06. The van der Waals surface area contributed by atoms with E-state index < -0.39 is 0 Å². The molecule has 2 aromatic rings. The molecule has 1 aliphatic carbocycles. The van der Waals surface area contributed by atoms with Gasteiger partial charge in [0.25, 0.3) is 5.91 Å². The van der Waals surface area contributed by atoms with Gasteiger partial charge in [0.15, 0.2) is 0 Å². The van der Waals surface area contributed by atoms with Crippen molar-refractivity contribution in [3.63, 3.8) is 0 Å². The van der Waals surface area contributed by atoms with E-state index in [2.05, 4.69) is 26.7 Å². The second-order valence-electron chi connectivity index (χ2n) is 7.75. The molecule has 1 spiro atoms. The Balaban J connectivity index is 1.62. The molecule has 0 bridgehead atoms. The third-order valence-electron chi connectivity index (χ3n) is 6.17. The lowest BCUT2D eigenvalue weighted by atomic mass is 9.62. The first kappa shape index (κ1) is 18.7. The molecular formula is C20H27N5O3. The number of aryl methyl sites for hydroxylation is 1. The standard InChI is InChI=1S/C20H27N5O3/c1-4-10-24-13-21-23-17(24)15-11-25(12-20(15)8-5-9-20)19(26)14-6-7-16(27-2)22-18(14)28-3/h6-7,13,15H,4-5,8-12H2,1-3H3. The number of nitrogens with zero attached hydrogens (tertiary/aromatic N) is 5. The summed E-state index contributed by atoms with van der Waals surface area (Å²) in [6.45, 7) is 4.44. The van der Waals surface area contributed by atoms with Crippen LogP contribution in [0.4, 0.5) is 0 Å². The van der Waals surface area contributed by atoms with Crippen molar-refractivity contribution in [2.24, 2.45) is 5.41 Å². The molecule has 1 saturated carbocycles. The second-order valence-corrected chi connectivity index (χ2v) is 7.75. The molecule has 8 heteroatoms. The number of aromatic nitrogens is 4. The zero-order valence-electron chi connectivity index (χ0n) is 16.7. The molecule has 0 N–H and O–H groups in total. The summed E-state index contributed by atoms with van der Waals surface area (Å²) in [6.07, 6.45) is 6.29. The first-order valence-corrected chi connectivity index (χ1v) is 9.88. The van der Waals surface area contributed by atoms with Crippen LogP contribution in [0.5, 0.6) is 11.8 Å². The van der Waals surface area contributed by atoms with E-state index in [0.717, 1.165) is 38.2 Å². The Bertz CT molecular complexity index is 861. The molecular weight excluding hydrogens is 358 g/mol. The van der Waals surface area contributed by atoms with Crippen molar-refractivity contribution in [1.82, 2.24) is 24.6 Å². The number of pyridine rings is 1. The molecule has 0 radical (unpaired) electrons. The number of methoxy groups -OCH3 is 2. The van der Waals surface area contributed by atoms with E-state index in [4.69, 9.17) is 9.47 Å². The lowest BCUT2D eigenvalue weighted by Gasteiger charge is -2.42. The van der Waals surface area contributed by atoms with Gasteiger partial charge in [0.1, 0.15) is 17.7 Å². The molecule has 2 aliphatic rings. The normalized spacial score (nSPS) is 20.2. The van der Waals surface area contributed by atoms with Crippen molar-refractivity contribution in [2.45, 2.75) is 45.1 Å². The van der Waals surface area contributed by atoms with Gasteiger partial charge in [-0.05, 0) is 30.7 Å². The number of likely N-dealkylation sites (tertiary alicyclic amines) is 1. The largest absolute Gasteiger partial charge is 0.481 e. The number of carbonyl (C=O) groups excluding carboxylic acids is 1. The van der Waals surface area contributed by atoms with Gasteiger partial charge in [0.2, 0.25) is 11.8 Å². The Kier molecular flexibility index (Phi) is 4.95. The number of hydrogen-bond acceptors (Lipinski definition) is 6. The van der Waals surface area contributed by atoms with Gasteiger partial charge in [0, 0.05) is 31.6 Å². The summed E-state index contributed by atoms with van der Waals surface area (Å²) in [4.78, 5) is 19.5. The molecule has 150 valence electrons. The van der Waals surface area contributed by atoms with Crippen LogP contribution in [0.1, 0.15) is 54.7 Å². The molecule has 1 atom stereocenters. The zero-order valence-corrected chi connectivity index (χ0v) is 16.7. The van der Waals surface area contributed by atoms with Gasteiger partial charge in [-0.1, -0.05) is 13.3 Å². The van der Waals surface area contributed by atoms with Gasteiger partial charge in [0.05, 0.1) is 14.2 Å². The predicted molar refractivity (Wildman–Crippen MR) is 103 cm³/mol. The minimum atomic E-state index is -0.0534. The Morgan fingerprint density at radius 3 is 2.75 bits per heavy atom. The SMILES string of the molecule is CCCn1cnnc1C1CN(C(=O)c2ccc(OC)nc2OC)CC12CCC2. The number of rotatable bonds is 6. The predicted octanol–water partition coefficient (Wildman–Crippen LogP) is 2.51. The zero-order chi connectivity index (χ0) is 19.7. The van der Waals surface area contributed by atoms with Crippen LogP contribution < -0.4 is 9.47 Å². The maximum atomic E-state index is 13.3. The summed E-state index contributed by atoms with van der Waals surface area (Å²) in [5.74, 6) is 1.90. The van der Waals surface area contributed by atoms with E-state index in [-0.39, 0.29) is 17.2 Å². The van der Waals surface area contributed by atoms with Crippen LogP contribution in [0.25, 0.3) is 0 Å². The van der Waals surface area contributed by atoms with Crippen LogP contribution in [-0.2, 0) is 6.54 Å². The fourth-order valence-corrected chi connectivity index (χ4v) is 4.59. The first-order chi connectivity index (χ1) is 13.6. The van der Waals surface area contributed by atoms with Gasteiger partial charge >= 0.3 is 0 Å². The molecule has 1 aliphatic heterocycles. The molecule has 2 fully saturated rings. The van der Waals surface area contributed by atoms with Gasteiger partial charge in [-0.25, -0.2) is 0 Å². The van der Waals surface area contributed by atoms with Crippen LogP contribution in [0.3, 0.4) is 0 Å². The summed E-state index contributed by atoms with van der Waals surface area (Å²) < 4.78 is 12.6. The lowest BCUT2D eigenvalue weighted by Crippen LogP contribution is -2.38. The molecule has 1 saturated heterocycles. The van der Waals surface area contributed by atoms with Crippen LogP contribution in [0, 0.1) is 5.41 Å². The highest BCUT2D eigenvalue weighted by atomic mass is 16.5. The Hall–Kier alpha value is -2.64. The maximum Gasteiger partial charge on any atom is 0.259 e. The van der Waals surface area contributed by atoms with Gasteiger partial charge < -0.3 is 18.9 Å². The van der Waals surface area contributed by atoms with Crippen molar-refractivity contribution in [2.75, 3.05) is 27.3 Å². The monoisotopic (exact) mass is 385 g/mol. The average Bonchev–Trinajstić information content (AvgIpc) is 3.31.